The van der Waals surface area contributed by atoms with E-state index in [0.717, 1.165) is 44.0 Å². The molecule has 0 unspecified atom stereocenters. The second-order valence-electron chi connectivity index (χ2n) is 5.52. The number of hydrogen-bond donors (Lipinski definition) is 0. The molecule has 0 bridgehead atoms. The molecule has 0 spiro atoms. The van der Waals surface area contributed by atoms with Crippen molar-refractivity contribution in [3.63, 3.8) is 0 Å². The number of fused-ring (bicyclic) bond motifs is 3. The van der Waals surface area contributed by atoms with Crippen LogP contribution in [0.4, 0.5) is 0 Å². The van der Waals surface area contributed by atoms with Crippen LogP contribution in [0.3, 0.4) is 0 Å². The van der Waals surface area contributed by atoms with Crippen molar-refractivity contribution in [3.05, 3.63) is 47.0 Å². The molecule has 0 N–H and O–H groups in total. The summed E-state index contributed by atoms with van der Waals surface area (Å²) < 4.78 is 9.07. The first-order valence-corrected chi connectivity index (χ1v) is 7.59. The molecule has 3 aromatic heterocycles. The van der Waals surface area contributed by atoms with Gasteiger partial charge in [0.15, 0.2) is 5.65 Å². The molecule has 1 aliphatic heterocycles. The van der Waals surface area contributed by atoms with E-state index in [2.05, 4.69) is 9.88 Å². The van der Waals surface area contributed by atoms with Crippen molar-refractivity contribution in [1.82, 2.24) is 18.9 Å². The quantitative estimate of drug-likeness (QED) is 0.723. The molecular formula is C16H18N4O2. The average molecular weight is 298 g/mol. The zero-order valence-electron chi connectivity index (χ0n) is 12.3. The summed E-state index contributed by atoms with van der Waals surface area (Å²) in [5.74, 6) is 0. The van der Waals surface area contributed by atoms with Crippen molar-refractivity contribution in [2.75, 3.05) is 32.8 Å². The van der Waals surface area contributed by atoms with E-state index in [1.54, 1.807) is 6.20 Å². The maximum atomic E-state index is 12.7. The van der Waals surface area contributed by atoms with Gasteiger partial charge in [0.25, 0.3) is 5.56 Å². The highest BCUT2D eigenvalue weighted by Gasteiger charge is 2.14. The number of pyridine rings is 1. The van der Waals surface area contributed by atoms with E-state index in [4.69, 9.17) is 4.74 Å². The molecule has 0 aromatic carbocycles. The van der Waals surface area contributed by atoms with Crippen molar-refractivity contribution in [3.8, 4) is 0 Å². The van der Waals surface area contributed by atoms with Gasteiger partial charge >= 0.3 is 0 Å². The Bertz CT molecular complexity index is 861. The lowest BCUT2D eigenvalue weighted by Gasteiger charge is -2.27. The van der Waals surface area contributed by atoms with Crippen LogP contribution < -0.4 is 5.56 Å². The highest BCUT2D eigenvalue weighted by Crippen LogP contribution is 2.12. The largest absolute Gasteiger partial charge is 0.379 e. The first kappa shape index (κ1) is 13.5. The lowest BCUT2D eigenvalue weighted by Crippen LogP contribution is -2.39. The number of hydrogen-bond acceptors (Lipinski definition) is 4. The number of rotatable bonds is 3. The fourth-order valence-corrected chi connectivity index (χ4v) is 3.06. The predicted octanol–water partition coefficient (Wildman–Crippen LogP) is 0.981. The molecule has 0 amide bonds. The third-order valence-corrected chi connectivity index (χ3v) is 4.24. The highest BCUT2D eigenvalue weighted by molar-refractivity contribution is 5.74. The average Bonchev–Trinajstić information content (AvgIpc) is 3.06. The van der Waals surface area contributed by atoms with Crippen LogP contribution in [0.15, 0.2) is 41.5 Å². The normalized spacial score (nSPS) is 16.5. The third-order valence-electron chi connectivity index (χ3n) is 4.24. The first-order valence-electron chi connectivity index (χ1n) is 7.59. The molecule has 1 fully saturated rings. The summed E-state index contributed by atoms with van der Waals surface area (Å²) in [5.41, 5.74) is 2.42. The van der Waals surface area contributed by atoms with Gasteiger partial charge in [0, 0.05) is 38.6 Å². The van der Waals surface area contributed by atoms with Crippen molar-refractivity contribution in [2.45, 2.75) is 6.54 Å². The van der Waals surface area contributed by atoms with Crippen LogP contribution in [-0.2, 0) is 11.3 Å². The van der Waals surface area contributed by atoms with E-state index in [-0.39, 0.29) is 5.56 Å². The monoisotopic (exact) mass is 298 g/mol. The van der Waals surface area contributed by atoms with Gasteiger partial charge < -0.3 is 9.30 Å². The number of ether oxygens (including phenoxy) is 1. The molecule has 0 aliphatic carbocycles. The lowest BCUT2D eigenvalue weighted by molar-refractivity contribution is 0.0364. The molecule has 4 rings (SSSR count). The standard InChI is InChI=1S/C16H18N4O2/c21-16-14-4-2-6-19(14)15-13(3-1-5-17-15)20(16)8-7-18-9-11-22-12-10-18/h1-6H,7-12H2. The molecule has 6 heteroatoms. The van der Waals surface area contributed by atoms with Crippen LogP contribution in [0.1, 0.15) is 0 Å². The number of nitrogens with zero attached hydrogens (tertiary/aromatic N) is 4. The van der Waals surface area contributed by atoms with Gasteiger partial charge in [-0.1, -0.05) is 0 Å². The molecule has 0 atom stereocenters. The Balaban J connectivity index is 1.77. The van der Waals surface area contributed by atoms with E-state index < -0.39 is 0 Å². The molecule has 4 heterocycles. The van der Waals surface area contributed by atoms with E-state index in [9.17, 15) is 4.79 Å². The van der Waals surface area contributed by atoms with Crippen LogP contribution in [0.5, 0.6) is 0 Å². The van der Waals surface area contributed by atoms with Gasteiger partial charge in [-0.25, -0.2) is 4.98 Å². The van der Waals surface area contributed by atoms with Crippen LogP contribution >= 0.6 is 0 Å². The van der Waals surface area contributed by atoms with E-state index in [0.29, 0.717) is 12.1 Å². The molecule has 6 nitrogen and oxygen atoms in total. The van der Waals surface area contributed by atoms with Gasteiger partial charge in [0.1, 0.15) is 5.52 Å². The Morgan fingerprint density at radius 2 is 1.91 bits per heavy atom. The van der Waals surface area contributed by atoms with Gasteiger partial charge in [-0.2, -0.15) is 0 Å². The number of aromatic nitrogens is 3. The molecule has 1 aliphatic rings. The van der Waals surface area contributed by atoms with Gasteiger partial charge in [-0.05, 0) is 24.3 Å². The fourth-order valence-electron chi connectivity index (χ4n) is 3.06. The highest BCUT2D eigenvalue weighted by atomic mass is 16.5. The first-order chi connectivity index (χ1) is 10.8. The minimum Gasteiger partial charge on any atom is -0.379 e. The predicted molar refractivity (Wildman–Crippen MR) is 84.2 cm³/mol. The van der Waals surface area contributed by atoms with Gasteiger partial charge in [-0.3, -0.25) is 14.1 Å². The van der Waals surface area contributed by atoms with Crippen molar-refractivity contribution < 1.29 is 4.74 Å². The smallest absolute Gasteiger partial charge is 0.275 e. The topological polar surface area (TPSA) is 51.8 Å². The van der Waals surface area contributed by atoms with Gasteiger partial charge in [-0.15, -0.1) is 0 Å². The minimum atomic E-state index is 0.0405. The summed E-state index contributed by atoms with van der Waals surface area (Å²) in [6.07, 6.45) is 3.65. The summed E-state index contributed by atoms with van der Waals surface area (Å²) in [7, 11) is 0. The Kier molecular flexibility index (Phi) is 3.40. The van der Waals surface area contributed by atoms with Crippen molar-refractivity contribution in [1.29, 1.82) is 0 Å². The third kappa shape index (κ3) is 2.20. The van der Waals surface area contributed by atoms with E-state index >= 15 is 0 Å². The van der Waals surface area contributed by atoms with Crippen LogP contribution in [0.25, 0.3) is 16.7 Å². The van der Waals surface area contributed by atoms with Gasteiger partial charge in [0.05, 0.1) is 18.7 Å². The molecule has 0 saturated carbocycles. The van der Waals surface area contributed by atoms with Gasteiger partial charge in [0.2, 0.25) is 0 Å². The maximum absolute atomic E-state index is 12.7. The second kappa shape index (κ2) is 5.55. The number of morpholine rings is 1. The van der Waals surface area contributed by atoms with E-state index in [1.807, 2.05) is 39.4 Å². The Labute approximate surface area is 127 Å². The zero-order valence-corrected chi connectivity index (χ0v) is 12.3. The molecule has 114 valence electrons. The molecule has 1 saturated heterocycles. The Hall–Kier alpha value is -2.18. The summed E-state index contributed by atoms with van der Waals surface area (Å²) >= 11 is 0. The maximum Gasteiger partial charge on any atom is 0.275 e. The fraction of sp³-hybridized carbons (Fsp3) is 0.375. The summed E-state index contributed by atoms with van der Waals surface area (Å²) in [6, 6.07) is 7.57. The van der Waals surface area contributed by atoms with Crippen LogP contribution in [0.2, 0.25) is 0 Å². The Morgan fingerprint density at radius 1 is 1.09 bits per heavy atom. The summed E-state index contributed by atoms with van der Waals surface area (Å²) in [5, 5.41) is 0. The lowest BCUT2D eigenvalue weighted by atomic mass is 10.3. The summed E-state index contributed by atoms with van der Waals surface area (Å²) in [6.45, 7) is 4.92. The van der Waals surface area contributed by atoms with Crippen LogP contribution in [-0.4, -0.2) is 51.7 Å². The molecule has 0 radical (unpaired) electrons. The molecule has 3 aromatic rings. The zero-order chi connectivity index (χ0) is 14.9. The van der Waals surface area contributed by atoms with E-state index in [1.165, 1.54) is 0 Å². The van der Waals surface area contributed by atoms with Crippen molar-refractivity contribution >= 4 is 16.7 Å². The van der Waals surface area contributed by atoms with Crippen LogP contribution in [0, 0.1) is 0 Å². The molecule has 22 heavy (non-hydrogen) atoms. The second-order valence-corrected chi connectivity index (χ2v) is 5.52. The Morgan fingerprint density at radius 3 is 2.77 bits per heavy atom. The minimum absolute atomic E-state index is 0.0405. The molecular weight excluding hydrogens is 280 g/mol. The SMILES string of the molecule is O=c1c2cccn2c2ncccc2n1CCN1CCOCC1. The summed E-state index contributed by atoms with van der Waals surface area (Å²) in [4.78, 5) is 19.5. The van der Waals surface area contributed by atoms with Crippen molar-refractivity contribution in [2.24, 2.45) is 0 Å².